The van der Waals surface area contributed by atoms with Crippen LogP contribution >= 0.6 is 27.3 Å². The highest BCUT2D eigenvalue weighted by molar-refractivity contribution is 9.11. The van der Waals surface area contributed by atoms with Crippen molar-refractivity contribution in [3.05, 3.63) is 90.9 Å². The van der Waals surface area contributed by atoms with Crippen LogP contribution in [0.1, 0.15) is 25.6 Å². The zero-order chi connectivity index (χ0) is 18.5. The average molecular weight is 432 g/mol. The number of benzene rings is 1. The summed E-state index contributed by atoms with van der Waals surface area (Å²) in [6, 6.07) is 15.9. The van der Waals surface area contributed by atoms with E-state index in [1.165, 1.54) is 22.0 Å². The maximum absolute atomic E-state index is 12.5. The van der Waals surface area contributed by atoms with Gasteiger partial charge >= 0.3 is 0 Å². The van der Waals surface area contributed by atoms with Crippen molar-refractivity contribution in [2.75, 3.05) is 0 Å². The predicted octanol–water partition coefficient (Wildman–Crippen LogP) is 2.80. The number of hydrogen-bond donors (Lipinski definition) is 2. The summed E-state index contributed by atoms with van der Waals surface area (Å²) in [5.41, 5.74) is 5.06. The van der Waals surface area contributed by atoms with Gasteiger partial charge in [-0.2, -0.15) is 0 Å². The summed E-state index contributed by atoms with van der Waals surface area (Å²) < 4.78 is 2.25. The van der Waals surface area contributed by atoms with Crippen molar-refractivity contribution in [3.8, 4) is 0 Å². The smallest absolute Gasteiger partial charge is 0.279 e. The van der Waals surface area contributed by atoms with Crippen LogP contribution in [-0.2, 0) is 6.54 Å². The molecule has 6 nitrogen and oxygen atoms in total. The molecule has 2 N–H and O–H groups in total. The molecule has 3 aromatic rings. The van der Waals surface area contributed by atoms with E-state index in [4.69, 9.17) is 0 Å². The third-order valence-corrected chi connectivity index (χ3v) is 5.17. The molecule has 0 aliphatic heterocycles. The normalized spacial score (nSPS) is 10.3. The molecule has 0 bridgehead atoms. The number of rotatable bonds is 4. The van der Waals surface area contributed by atoms with Crippen LogP contribution < -0.4 is 16.4 Å². The Labute approximate surface area is 161 Å². The number of amides is 2. The Bertz CT molecular complexity index is 998. The summed E-state index contributed by atoms with van der Waals surface area (Å²) in [5, 5.41) is 0. The summed E-state index contributed by atoms with van der Waals surface area (Å²) in [6.07, 6.45) is 1.62. The van der Waals surface area contributed by atoms with Crippen molar-refractivity contribution < 1.29 is 9.59 Å². The molecular weight excluding hydrogens is 418 g/mol. The SMILES string of the molecule is O=C(NNC(=O)c1cccn(Cc2ccccc2)c1=O)c1ccc(Br)s1. The van der Waals surface area contributed by atoms with Gasteiger partial charge in [-0.25, -0.2) is 0 Å². The molecule has 0 fully saturated rings. The zero-order valence-corrected chi connectivity index (χ0v) is 15.8. The molecule has 0 saturated heterocycles. The molecule has 0 aliphatic rings. The van der Waals surface area contributed by atoms with Crippen LogP contribution in [0.25, 0.3) is 0 Å². The van der Waals surface area contributed by atoms with E-state index in [2.05, 4.69) is 26.8 Å². The van der Waals surface area contributed by atoms with E-state index in [0.29, 0.717) is 11.4 Å². The number of halogens is 1. The van der Waals surface area contributed by atoms with Crippen molar-refractivity contribution in [1.82, 2.24) is 15.4 Å². The molecule has 132 valence electrons. The molecular formula is C18H14BrN3O3S. The van der Waals surface area contributed by atoms with Crippen molar-refractivity contribution in [3.63, 3.8) is 0 Å². The van der Waals surface area contributed by atoms with E-state index in [0.717, 1.165) is 9.35 Å². The quantitative estimate of drug-likeness (QED) is 0.623. The molecule has 2 aromatic heterocycles. The lowest BCUT2D eigenvalue weighted by Crippen LogP contribution is -2.43. The van der Waals surface area contributed by atoms with Crippen LogP contribution in [-0.4, -0.2) is 16.4 Å². The van der Waals surface area contributed by atoms with E-state index in [9.17, 15) is 14.4 Å². The first-order chi connectivity index (χ1) is 12.5. The van der Waals surface area contributed by atoms with E-state index in [-0.39, 0.29) is 5.56 Å². The van der Waals surface area contributed by atoms with E-state index in [1.807, 2.05) is 30.3 Å². The lowest BCUT2D eigenvalue weighted by atomic mass is 10.2. The lowest BCUT2D eigenvalue weighted by molar-refractivity contribution is 0.0847. The number of nitrogens with one attached hydrogen (secondary N) is 2. The monoisotopic (exact) mass is 431 g/mol. The lowest BCUT2D eigenvalue weighted by Gasteiger charge is -2.09. The molecule has 0 atom stereocenters. The second-order valence-corrected chi connectivity index (χ2v) is 7.82. The van der Waals surface area contributed by atoms with Crippen molar-refractivity contribution in [1.29, 1.82) is 0 Å². The Morgan fingerprint density at radius 3 is 2.38 bits per heavy atom. The molecule has 2 heterocycles. The standard InChI is InChI=1S/C18H14BrN3O3S/c19-15-9-8-14(26-15)17(24)21-20-16(23)13-7-4-10-22(18(13)25)11-12-5-2-1-3-6-12/h1-10H,11H2,(H,20,23)(H,21,24). The van der Waals surface area contributed by atoms with Crippen LogP contribution in [0.3, 0.4) is 0 Å². The number of nitrogens with zero attached hydrogens (tertiary/aromatic N) is 1. The van der Waals surface area contributed by atoms with Crippen LogP contribution in [0.5, 0.6) is 0 Å². The Morgan fingerprint density at radius 2 is 1.69 bits per heavy atom. The Kier molecular flexibility index (Phi) is 5.65. The van der Waals surface area contributed by atoms with Crippen molar-refractivity contribution in [2.24, 2.45) is 0 Å². The van der Waals surface area contributed by atoms with E-state index < -0.39 is 17.4 Å². The van der Waals surface area contributed by atoms with E-state index in [1.54, 1.807) is 24.4 Å². The van der Waals surface area contributed by atoms with Gasteiger partial charge in [0, 0.05) is 6.20 Å². The third-order valence-electron chi connectivity index (χ3n) is 3.55. The first-order valence-corrected chi connectivity index (χ1v) is 9.25. The number of pyridine rings is 1. The van der Waals surface area contributed by atoms with Gasteiger partial charge in [0.25, 0.3) is 17.4 Å². The number of hydrazine groups is 1. The topological polar surface area (TPSA) is 80.2 Å². The first-order valence-electron chi connectivity index (χ1n) is 7.64. The van der Waals surface area contributed by atoms with Gasteiger partial charge in [0.2, 0.25) is 0 Å². The predicted molar refractivity (Wildman–Crippen MR) is 103 cm³/mol. The van der Waals surface area contributed by atoms with Crippen LogP contribution in [0.4, 0.5) is 0 Å². The molecule has 26 heavy (non-hydrogen) atoms. The van der Waals surface area contributed by atoms with Gasteiger partial charge in [-0.15, -0.1) is 11.3 Å². The molecule has 3 rings (SSSR count). The Morgan fingerprint density at radius 1 is 0.962 bits per heavy atom. The summed E-state index contributed by atoms with van der Waals surface area (Å²) in [6.45, 7) is 0.358. The van der Waals surface area contributed by atoms with Gasteiger partial charge < -0.3 is 4.57 Å². The number of carbonyl (C=O) groups excluding carboxylic acids is 2. The zero-order valence-electron chi connectivity index (χ0n) is 13.4. The minimum Gasteiger partial charge on any atom is -0.310 e. The fourth-order valence-electron chi connectivity index (χ4n) is 2.29. The fourth-order valence-corrected chi connectivity index (χ4v) is 3.57. The van der Waals surface area contributed by atoms with E-state index >= 15 is 0 Å². The minimum atomic E-state index is -0.665. The molecule has 0 aliphatic carbocycles. The first kappa shape index (κ1) is 18.1. The summed E-state index contributed by atoms with van der Waals surface area (Å²) >= 11 is 4.51. The summed E-state index contributed by atoms with van der Waals surface area (Å²) in [7, 11) is 0. The van der Waals surface area contributed by atoms with Gasteiger partial charge in [-0.3, -0.25) is 25.2 Å². The van der Waals surface area contributed by atoms with Gasteiger partial charge in [-0.1, -0.05) is 30.3 Å². The molecule has 8 heteroatoms. The average Bonchev–Trinajstić information content (AvgIpc) is 3.08. The Balaban J connectivity index is 1.70. The van der Waals surface area contributed by atoms with Gasteiger partial charge in [0.15, 0.2) is 0 Å². The number of hydrogen-bond acceptors (Lipinski definition) is 4. The number of thiophene rings is 1. The highest BCUT2D eigenvalue weighted by Crippen LogP contribution is 2.21. The van der Waals surface area contributed by atoms with Gasteiger partial charge in [-0.05, 0) is 45.8 Å². The summed E-state index contributed by atoms with van der Waals surface area (Å²) in [5.74, 6) is -1.11. The fraction of sp³-hybridized carbons (Fsp3) is 0.0556. The van der Waals surface area contributed by atoms with Gasteiger partial charge in [0.05, 0.1) is 15.2 Å². The molecule has 0 radical (unpaired) electrons. The van der Waals surface area contributed by atoms with Crippen molar-refractivity contribution in [2.45, 2.75) is 6.54 Å². The third kappa shape index (κ3) is 4.27. The van der Waals surface area contributed by atoms with Gasteiger partial charge in [0.1, 0.15) is 5.56 Å². The van der Waals surface area contributed by atoms with Crippen molar-refractivity contribution >= 4 is 39.1 Å². The van der Waals surface area contributed by atoms with Crippen LogP contribution in [0.2, 0.25) is 0 Å². The van der Waals surface area contributed by atoms with Crippen LogP contribution in [0.15, 0.2) is 69.4 Å². The highest BCUT2D eigenvalue weighted by Gasteiger charge is 2.14. The maximum Gasteiger partial charge on any atom is 0.279 e. The molecule has 0 unspecified atom stereocenters. The highest BCUT2D eigenvalue weighted by atomic mass is 79.9. The minimum absolute atomic E-state index is 0.0453. The van der Waals surface area contributed by atoms with Crippen LogP contribution in [0, 0.1) is 0 Å². The largest absolute Gasteiger partial charge is 0.310 e. The number of carbonyl (C=O) groups is 2. The second-order valence-electron chi connectivity index (χ2n) is 5.35. The molecule has 1 aromatic carbocycles. The molecule has 2 amide bonds. The molecule has 0 spiro atoms. The number of aromatic nitrogens is 1. The Hall–Kier alpha value is -2.71. The summed E-state index contributed by atoms with van der Waals surface area (Å²) in [4.78, 5) is 37.2. The second kappa shape index (κ2) is 8.11. The molecule has 0 saturated carbocycles. The maximum atomic E-state index is 12.5.